The summed E-state index contributed by atoms with van der Waals surface area (Å²) in [6.07, 6.45) is 1.68. The van der Waals surface area contributed by atoms with E-state index >= 15 is 0 Å². The molecule has 2 unspecified atom stereocenters. The minimum Gasteiger partial charge on any atom is -0.481 e. The number of thioether (sulfide) groups is 1. The van der Waals surface area contributed by atoms with E-state index in [9.17, 15) is 9.59 Å². The Morgan fingerprint density at radius 2 is 2.10 bits per heavy atom. The normalized spacial score (nSPS) is 21.0. The molecule has 1 heterocycles. The molecule has 1 rings (SSSR count). The Balaban J connectivity index is 2.60. The lowest BCUT2D eigenvalue weighted by molar-refractivity contribution is -0.137. The maximum atomic E-state index is 12.3. The highest BCUT2D eigenvalue weighted by molar-refractivity contribution is 8.00. The van der Waals surface area contributed by atoms with Crippen LogP contribution in [-0.4, -0.2) is 52.1 Å². The second kappa shape index (κ2) is 7.92. The number of rotatable bonds is 5. The molecule has 0 radical (unpaired) electrons. The van der Waals surface area contributed by atoms with Crippen LogP contribution in [0.25, 0.3) is 0 Å². The van der Waals surface area contributed by atoms with Crippen molar-refractivity contribution in [1.82, 2.24) is 10.2 Å². The van der Waals surface area contributed by atoms with Crippen molar-refractivity contribution in [2.24, 2.45) is 5.41 Å². The van der Waals surface area contributed by atoms with Crippen molar-refractivity contribution in [2.45, 2.75) is 58.2 Å². The molecule has 1 aliphatic rings. The van der Waals surface area contributed by atoms with Gasteiger partial charge in [-0.1, -0.05) is 27.7 Å². The zero-order valence-electron chi connectivity index (χ0n) is 13.5. The third kappa shape index (κ3) is 7.07. The molecule has 0 spiro atoms. The summed E-state index contributed by atoms with van der Waals surface area (Å²) in [5.41, 5.74) is -0.0168. The first-order valence-corrected chi connectivity index (χ1v) is 8.65. The summed E-state index contributed by atoms with van der Waals surface area (Å²) in [5, 5.41) is 12.4. The molecule has 0 aromatic carbocycles. The van der Waals surface area contributed by atoms with Gasteiger partial charge in [0.1, 0.15) is 0 Å². The fraction of sp³-hybridized carbons (Fsp3) is 0.867. The Hall–Kier alpha value is -0.910. The molecule has 0 saturated carbocycles. The van der Waals surface area contributed by atoms with Crippen molar-refractivity contribution in [3.05, 3.63) is 0 Å². The second-order valence-electron chi connectivity index (χ2n) is 6.86. The molecule has 5 nitrogen and oxygen atoms in total. The number of carboxylic acids is 1. The first-order chi connectivity index (χ1) is 9.71. The highest BCUT2D eigenvalue weighted by Crippen LogP contribution is 2.24. The van der Waals surface area contributed by atoms with Gasteiger partial charge in [0.2, 0.25) is 0 Å². The van der Waals surface area contributed by atoms with Crippen LogP contribution in [0.1, 0.15) is 47.0 Å². The van der Waals surface area contributed by atoms with Gasteiger partial charge in [-0.25, -0.2) is 4.79 Å². The van der Waals surface area contributed by atoms with E-state index in [0.717, 1.165) is 25.3 Å². The van der Waals surface area contributed by atoms with Crippen molar-refractivity contribution in [3.63, 3.8) is 0 Å². The van der Waals surface area contributed by atoms with Gasteiger partial charge in [0.25, 0.3) is 0 Å². The third-order valence-corrected chi connectivity index (χ3v) is 4.86. The van der Waals surface area contributed by atoms with Gasteiger partial charge in [0, 0.05) is 30.1 Å². The summed E-state index contributed by atoms with van der Waals surface area (Å²) in [6, 6.07) is -0.436. The number of carbonyl (C=O) groups excluding carboxylic acids is 1. The fourth-order valence-corrected chi connectivity index (χ4v) is 3.72. The van der Waals surface area contributed by atoms with Gasteiger partial charge in [-0.05, 0) is 18.3 Å². The fourth-order valence-electron chi connectivity index (χ4n) is 2.54. The summed E-state index contributed by atoms with van der Waals surface area (Å²) in [4.78, 5) is 25.2. The zero-order valence-corrected chi connectivity index (χ0v) is 14.3. The Labute approximate surface area is 131 Å². The molecule has 0 bridgehead atoms. The molecule has 122 valence electrons. The highest BCUT2D eigenvalue weighted by Gasteiger charge is 2.27. The average Bonchev–Trinajstić information content (AvgIpc) is 2.35. The molecule has 2 N–H and O–H groups in total. The quantitative estimate of drug-likeness (QED) is 0.818. The lowest BCUT2D eigenvalue weighted by Gasteiger charge is -2.34. The van der Waals surface area contributed by atoms with Crippen LogP contribution < -0.4 is 5.32 Å². The lowest BCUT2D eigenvalue weighted by atomic mass is 9.87. The van der Waals surface area contributed by atoms with Gasteiger partial charge in [-0.2, -0.15) is 11.8 Å². The number of amides is 2. The predicted octanol–water partition coefficient (Wildman–Crippen LogP) is 2.80. The van der Waals surface area contributed by atoms with Crippen LogP contribution in [0.2, 0.25) is 0 Å². The maximum Gasteiger partial charge on any atom is 0.317 e. The number of hydrogen-bond donors (Lipinski definition) is 2. The summed E-state index contributed by atoms with van der Waals surface area (Å²) in [5.74, 6) is 0.0830. The number of carbonyl (C=O) groups is 2. The number of hydrogen-bond acceptors (Lipinski definition) is 3. The lowest BCUT2D eigenvalue weighted by Crippen LogP contribution is -2.50. The Bertz CT molecular complexity index is 368. The van der Waals surface area contributed by atoms with Gasteiger partial charge in [-0.3, -0.25) is 4.79 Å². The van der Waals surface area contributed by atoms with Crippen LogP contribution in [0.5, 0.6) is 0 Å². The van der Waals surface area contributed by atoms with Gasteiger partial charge in [-0.15, -0.1) is 0 Å². The van der Waals surface area contributed by atoms with Crippen molar-refractivity contribution in [1.29, 1.82) is 0 Å². The van der Waals surface area contributed by atoms with Gasteiger partial charge in [0.05, 0.1) is 6.42 Å². The first kappa shape index (κ1) is 18.1. The molecule has 0 aliphatic carbocycles. The molecule has 1 saturated heterocycles. The van der Waals surface area contributed by atoms with E-state index in [2.05, 4.69) is 33.0 Å². The third-order valence-electron chi connectivity index (χ3n) is 3.49. The van der Waals surface area contributed by atoms with E-state index in [1.54, 1.807) is 0 Å². The Kier molecular flexibility index (Phi) is 6.84. The monoisotopic (exact) mass is 316 g/mol. The minimum atomic E-state index is -0.870. The molecule has 2 atom stereocenters. The van der Waals surface area contributed by atoms with Crippen molar-refractivity contribution < 1.29 is 14.7 Å². The molecular weight excluding hydrogens is 288 g/mol. The van der Waals surface area contributed by atoms with Crippen LogP contribution in [0.15, 0.2) is 0 Å². The van der Waals surface area contributed by atoms with E-state index in [4.69, 9.17) is 5.11 Å². The van der Waals surface area contributed by atoms with E-state index < -0.39 is 5.97 Å². The summed E-state index contributed by atoms with van der Waals surface area (Å²) in [7, 11) is 0. The molecule has 2 amide bonds. The SMILES string of the molecule is CCC1CN(C(=O)NC(CC(=O)O)CC(C)(C)C)CCS1. The first-order valence-electron chi connectivity index (χ1n) is 7.60. The molecule has 0 aromatic heterocycles. The average molecular weight is 316 g/mol. The number of nitrogens with zero attached hydrogens (tertiary/aromatic N) is 1. The van der Waals surface area contributed by atoms with Crippen LogP contribution in [0.4, 0.5) is 4.79 Å². The van der Waals surface area contributed by atoms with Gasteiger partial charge in [0.15, 0.2) is 0 Å². The number of aliphatic carboxylic acids is 1. The van der Waals surface area contributed by atoms with E-state index in [-0.39, 0.29) is 23.9 Å². The van der Waals surface area contributed by atoms with Crippen molar-refractivity contribution in [3.8, 4) is 0 Å². The molecule has 1 fully saturated rings. The van der Waals surface area contributed by atoms with E-state index in [0.29, 0.717) is 11.7 Å². The van der Waals surface area contributed by atoms with Crippen molar-refractivity contribution >= 4 is 23.8 Å². The Morgan fingerprint density at radius 3 is 2.62 bits per heavy atom. The number of carboxylic acid groups (broad SMARTS) is 1. The maximum absolute atomic E-state index is 12.3. The summed E-state index contributed by atoms with van der Waals surface area (Å²) >= 11 is 1.91. The standard InChI is InChI=1S/C15H28N2O3S/c1-5-12-10-17(6-7-21-12)14(20)16-11(8-13(18)19)9-15(2,3)4/h11-12H,5-10H2,1-4H3,(H,16,20)(H,18,19). The van der Waals surface area contributed by atoms with E-state index in [1.807, 2.05) is 16.7 Å². The van der Waals surface area contributed by atoms with Crippen LogP contribution in [0, 0.1) is 5.41 Å². The summed E-state index contributed by atoms with van der Waals surface area (Å²) in [6.45, 7) is 9.78. The smallest absolute Gasteiger partial charge is 0.317 e. The summed E-state index contributed by atoms with van der Waals surface area (Å²) < 4.78 is 0. The molecule has 6 heteroatoms. The van der Waals surface area contributed by atoms with Gasteiger partial charge >= 0.3 is 12.0 Å². The van der Waals surface area contributed by atoms with Crippen LogP contribution >= 0.6 is 11.8 Å². The zero-order chi connectivity index (χ0) is 16.0. The topological polar surface area (TPSA) is 69.6 Å². The van der Waals surface area contributed by atoms with Crippen LogP contribution in [-0.2, 0) is 4.79 Å². The van der Waals surface area contributed by atoms with Gasteiger partial charge < -0.3 is 15.3 Å². The largest absolute Gasteiger partial charge is 0.481 e. The predicted molar refractivity (Wildman–Crippen MR) is 86.8 cm³/mol. The molecule has 21 heavy (non-hydrogen) atoms. The molecule has 1 aliphatic heterocycles. The van der Waals surface area contributed by atoms with E-state index in [1.165, 1.54) is 0 Å². The van der Waals surface area contributed by atoms with Crippen LogP contribution in [0.3, 0.4) is 0 Å². The second-order valence-corrected chi connectivity index (χ2v) is 8.26. The number of nitrogens with one attached hydrogen (secondary N) is 1. The number of urea groups is 1. The van der Waals surface area contributed by atoms with Crippen molar-refractivity contribution in [2.75, 3.05) is 18.8 Å². The minimum absolute atomic E-state index is 0.0168. The molecule has 0 aromatic rings. The Morgan fingerprint density at radius 1 is 1.43 bits per heavy atom. The highest BCUT2D eigenvalue weighted by atomic mass is 32.2. The molecular formula is C15H28N2O3S.